The third-order valence-electron chi connectivity index (χ3n) is 5.38. The Morgan fingerprint density at radius 1 is 1.19 bits per heavy atom. The van der Waals surface area contributed by atoms with Crippen LogP contribution in [0.15, 0.2) is 66.4 Å². The number of hydrogen-bond acceptors (Lipinski definition) is 5. The van der Waals surface area contributed by atoms with Gasteiger partial charge in [0.05, 0.1) is 29.0 Å². The molecule has 0 aliphatic carbocycles. The van der Waals surface area contributed by atoms with Crippen LogP contribution in [0.25, 0.3) is 5.70 Å². The van der Waals surface area contributed by atoms with Gasteiger partial charge in [0.15, 0.2) is 0 Å². The predicted octanol–water partition coefficient (Wildman–Crippen LogP) is 4.99. The zero-order valence-electron chi connectivity index (χ0n) is 18.7. The maximum Gasteiger partial charge on any atom is 0.146 e. The summed E-state index contributed by atoms with van der Waals surface area (Å²) >= 11 is 0. The number of nitrogens with one attached hydrogen (secondary N) is 2. The molecule has 1 aliphatic heterocycles. The van der Waals surface area contributed by atoms with Crippen LogP contribution in [0.5, 0.6) is 0 Å². The number of pyridine rings is 1. The van der Waals surface area contributed by atoms with Gasteiger partial charge in [-0.3, -0.25) is 4.98 Å². The van der Waals surface area contributed by atoms with E-state index in [4.69, 9.17) is 5.41 Å². The van der Waals surface area contributed by atoms with E-state index in [1.54, 1.807) is 12.4 Å². The fraction of sp³-hybridized carbons (Fsp3) is 0.320. The predicted molar refractivity (Wildman–Crippen MR) is 132 cm³/mol. The lowest BCUT2D eigenvalue weighted by molar-refractivity contribution is 0.390. The lowest BCUT2D eigenvalue weighted by Crippen LogP contribution is -2.49. The minimum Gasteiger partial charge on any atom is -0.366 e. The molecule has 1 aromatic heterocycles. The van der Waals surface area contributed by atoms with Gasteiger partial charge in [-0.25, -0.2) is 4.99 Å². The first-order chi connectivity index (χ1) is 15.0. The topological polar surface area (TPSA) is 67.6 Å². The zero-order valence-corrected chi connectivity index (χ0v) is 18.7. The summed E-state index contributed by atoms with van der Waals surface area (Å²) in [5.74, 6) is 1.15. The summed E-state index contributed by atoms with van der Waals surface area (Å²) in [6.07, 6.45) is 6.73. The SMILES string of the molecule is C=C(Nc1ccc(C(C)C)cc1N1CCN(C(C=N)=N/C=C\C)CC1)c1ccccn1. The van der Waals surface area contributed by atoms with Crippen molar-refractivity contribution in [2.75, 3.05) is 36.4 Å². The third-order valence-corrected chi connectivity index (χ3v) is 5.38. The molecule has 2 aromatic rings. The van der Waals surface area contributed by atoms with Crippen LogP contribution in [-0.2, 0) is 0 Å². The van der Waals surface area contributed by atoms with Crippen LogP contribution in [0.4, 0.5) is 11.4 Å². The monoisotopic (exact) mass is 416 g/mol. The molecule has 162 valence electrons. The molecular formula is C25H32N6. The fourth-order valence-electron chi connectivity index (χ4n) is 3.58. The summed E-state index contributed by atoms with van der Waals surface area (Å²) in [4.78, 5) is 13.3. The van der Waals surface area contributed by atoms with Crippen molar-refractivity contribution in [3.63, 3.8) is 0 Å². The quantitative estimate of drug-likeness (QED) is 0.493. The Bertz CT molecular complexity index is 953. The molecule has 1 fully saturated rings. The van der Waals surface area contributed by atoms with Crippen molar-refractivity contribution in [2.45, 2.75) is 26.7 Å². The van der Waals surface area contributed by atoms with E-state index in [1.807, 2.05) is 31.2 Å². The maximum absolute atomic E-state index is 7.69. The van der Waals surface area contributed by atoms with Crippen LogP contribution in [-0.4, -0.2) is 48.1 Å². The molecule has 2 N–H and O–H groups in total. The molecule has 6 heteroatoms. The minimum atomic E-state index is 0.450. The molecule has 0 radical (unpaired) electrons. The highest BCUT2D eigenvalue weighted by atomic mass is 15.3. The average Bonchev–Trinajstić information content (AvgIpc) is 2.80. The molecule has 0 bridgehead atoms. The highest BCUT2D eigenvalue weighted by Crippen LogP contribution is 2.32. The van der Waals surface area contributed by atoms with Gasteiger partial charge in [0.25, 0.3) is 0 Å². The number of amidine groups is 1. The maximum atomic E-state index is 7.69. The van der Waals surface area contributed by atoms with E-state index >= 15 is 0 Å². The normalized spacial score (nSPS) is 14.9. The van der Waals surface area contributed by atoms with Crippen molar-refractivity contribution < 1.29 is 0 Å². The molecule has 0 spiro atoms. The Labute approximate surface area is 185 Å². The van der Waals surface area contributed by atoms with Crippen LogP contribution >= 0.6 is 0 Å². The van der Waals surface area contributed by atoms with Crippen molar-refractivity contribution in [1.29, 1.82) is 5.41 Å². The van der Waals surface area contributed by atoms with Gasteiger partial charge < -0.3 is 20.5 Å². The molecule has 6 nitrogen and oxygen atoms in total. The van der Waals surface area contributed by atoms with E-state index < -0.39 is 0 Å². The first-order valence-corrected chi connectivity index (χ1v) is 10.7. The lowest BCUT2D eigenvalue weighted by Gasteiger charge is -2.38. The van der Waals surface area contributed by atoms with Gasteiger partial charge in [-0.15, -0.1) is 0 Å². The van der Waals surface area contributed by atoms with Crippen LogP contribution in [0.2, 0.25) is 0 Å². The van der Waals surface area contributed by atoms with Crippen LogP contribution < -0.4 is 10.2 Å². The van der Waals surface area contributed by atoms with Crippen molar-refractivity contribution >= 4 is 29.1 Å². The highest BCUT2D eigenvalue weighted by Gasteiger charge is 2.22. The van der Waals surface area contributed by atoms with E-state index in [1.165, 1.54) is 17.5 Å². The van der Waals surface area contributed by atoms with Crippen molar-refractivity contribution in [1.82, 2.24) is 9.88 Å². The third kappa shape index (κ3) is 5.60. The smallest absolute Gasteiger partial charge is 0.146 e. The molecule has 1 saturated heterocycles. The second-order valence-corrected chi connectivity index (χ2v) is 7.84. The highest BCUT2D eigenvalue weighted by molar-refractivity contribution is 6.28. The summed E-state index contributed by atoms with van der Waals surface area (Å²) in [6, 6.07) is 12.4. The molecule has 31 heavy (non-hydrogen) atoms. The second kappa shape index (κ2) is 10.6. The molecule has 0 atom stereocenters. The number of aromatic nitrogens is 1. The molecule has 0 saturated carbocycles. The van der Waals surface area contributed by atoms with E-state index in [9.17, 15) is 0 Å². The van der Waals surface area contributed by atoms with Gasteiger partial charge in [0.2, 0.25) is 0 Å². The number of allylic oxidation sites excluding steroid dienone is 1. The van der Waals surface area contributed by atoms with E-state index in [2.05, 4.69) is 63.7 Å². The van der Waals surface area contributed by atoms with E-state index in [-0.39, 0.29) is 0 Å². The second-order valence-electron chi connectivity index (χ2n) is 7.84. The number of benzene rings is 1. The molecule has 1 aliphatic rings. The number of rotatable bonds is 7. The van der Waals surface area contributed by atoms with Gasteiger partial charge in [-0.05, 0) is 42.7 Å². The van der Waals surface area contributed by atoms with Crippen LogP contribution in [0.1, 0.15) is 37.9 Å². The summed E-state index contributed by atoms with van der Waals surface area (Å²) in [6.45, 7) is 13.9. The summed E-state index contributed by atoms with van der Waals surface area (Å²) in [5.41, 5.74) is 5.12. The number of anilines is 2. The van der Waals surface area contributed by atoms with E-state index in [0.29, 0.717) is 11.8 Å². The van der Waals surface area contributed by atoms with Gasteiger partial charge in [-0.2, -0.15) is 0 Å². The van der Waals surface area contributed by atoms with Crippen LogP contribution in [0, 0.1) is 5.41 Å². The van der Waals surface area contributed by atoms with Crippen molar-refractivity contribution in [3.05, 3.63) is 72.7 Å². The molecule has 0 unspecified atom stereocenters. The van der Waals surface area contributed by atoms with Crippen LogP contribution in [0.3, 0.4) is 0 Å². The first kappa shape index (κ1) is 22.3. The Morgan fingerprint density at radius 3 is 2.58 bits per heavy atom. The lowest BCUT2D eigenvalue weighted by atomic mass is 10.0. The van der Waals surface area contributed by atoms with Gasteiger partial charge >= 0.3 is 0 Å². The number of nitrogens with zero attached hydrogens (tertiary/aromatic N) is 4. The molecule has 3 rings (SSSR count). The van der Waals surface area contributed by atoms with Gasteiger partial charge in [0, 0.05) is 38.6 Å². The van der Waals surface area contributed by atoms with Crippen molar-refractivity contribution in [3.8, 4) is 0 Å². The summed E-state index contributed by atoms with van der Waals surface area (Å²) < 4.78 is 0. The molecule has 0 amide bonds. The Hall–Kier alpha value is -3.41. The van der Waals surface area contributed by atoms with E-state index in [0.717, 1.165) is 43.3 Å². The Kier molecular flexibility index (Phi) is 7.60. The first-order valence-electron chi connectivity index (χ1n) is 10.7. The largest absolute Gasteiger partial charge is 0.366 e. The van der Waals surface area contributed by atoms with Gasteiger partial charge in [-0.1, -0.05) is 38.6 Å². The standard InChI is InChI=1S/C25H32N6/c1-5-11-28-25(18-26)31-15-13-30(14-16-31)24-17-21(19(2)3)9-10-23(24)29-20(4)22-8-6-7-12-27-22/h5-12,17-19,26,29H,4,13-16H2,1-3H3/b11-5-,26-18?,28-25?. The van der Waals surface area contributed by atoms with Crippen molar-refractivity contribution in [2.24, 2.45) is 4.99 Å². The number of piperazine rings is 1. The zero-order chi connectivity index (χ0) is 22.2. The summed E-state index contributed by atoms with van der Waals surface area (Å²) in [7, 11) is 0. The Balaban J connectivity index is 1.82. The number of hydrogen-bond donors (Lipinski definition) is 2. The molecule has 1 aromatic carbocycles. The average molecular weight is 417 g/mol. The molecular weight excluding hydrogens is 384 g/mol. The molecule has 2 heterocycles. The number of aliphatic imine (C=N–C) groups is 1. The summed E-state index contributed by atoms with van der Waals surface area (Å²) in [5, 5.41) is 11.2. The minimum absolute atomic E-state index is 0.450. The Morgan fingerprint density at radius 2 is 1.97 bits per heavy atom. The fourth-order valence-corrected chi connectivity index (χ4v) is 3.58. The van der Waals surface area contributed by atoms with Gasteiger partial charge in [0.1, 0.15) is 5.84 Å².